The second-order valence-corrected chi connectivity index (χ2v) is 6.46. The first-order chi connectivity index (χ1) is 11.7. The van der Waals surface area contributed by atoms with Crippen LogP contribution in [-0.4, -0.2) is 71.8 Å². The van der Waals surface area contributed by atoms with E-state index in [1.807, 2.05) is 11.8 Å². The van der Waals surface area contributed by atoms with Gasteiger partial charge in [0.1, 0.15) is 6.61 Å². The van der Waals surface area contributed by atoms with Crippen LogP contribution in [0.15, 0.2) is 4.52 Å². The highest BCUT2D eigenvalue weighted by molar-refractivity contribution is 5.79. The third-order valence-electron chi connectivity index (χ3n) is 4.75. The number of ether oxygens (including phenoxy) is 2. The molecular formula is C16H26N4O4. The molecule has 0 spiro atoms. The summed E-state index contributed by atoms with van der Waals surface area (Å²) in [5.74, 6) is 1.41. The summed E-state index contributed by atoms with van der Waals surface area (Å²) in [5.41, 5.74) is 0. The van der Waals surface area contributed by atoms with Crippen molar-refractivity contribution < 1.29 is 18.8 Å². The minimum atomic E-state index is 0.0119. The molecule has 134 valence electrons. The Morgan fingerprint density at radius 1 is 1.33 bits per heavy atom. The molecule has 2 atom stereocenters. The Morgan fingerprint density at radius 2 is 2.12 bits per heavy atom. The van der Waals surface area contributed by atoms with Crippen LogP contribution in [0.3, 0.4) is 0 Å². The number of hydrogen-bond donors (Lipinski definition) is 0. The molecule has 2 fully saturated rings. The van der Waals surface area contributed by atoms with Crippen LogP contribution in [0.5, 0.6) is 0 Å². The van der Waals surface area contributed by atoms with Crippen LogP contribution >= 0.6 is 0 Å². The van der Waals surface area contributed by atoms with Crippen molar-refractivity contribution >= 4 is 5.91 Å². The van der Waals surface area contributed by atoms with Crippen molar-refractivity contribution in [3.63, 3.8) is 0 Å². The minimum absolute atomic E-state index is 0.0119. The van der Waals surface area contributed by atoms with Crippen molar-refractivity contribution in [1.82, 2.24) is 19.9 Å². The smallest absolute Gasteiger partial charge is 0.240 e. The van der Waals surface area contributed by atoms with Crippen molar-refractivity contribution in [2.75, 3.05) is 39.9 Å². The van der Waals surface area contributed by atoms with Crippen LogP contribution in [0.4, 0.5) is 0 Å². The zero-order valence-electron chi connectivity index (χ0n) is 14.4. The second kappa shape index (κ2) is 8.04. The van der Waals surface area contributed by atoms with Crippen molar-refractivity contribution in [1.29, 1.82) is 0 Å². The maximum atomic E-state index is 12.7. The van der Waals surface area contributed by atoms with Gasteiger partial charge in [0, 0.05) is 39.9 Å². The average molecular weight is 338 g/mol. The molecule has 3 heterocycles. The molecule has 24 heavy (non-hydrogen) atoms. The summed E-state index contributed by atoms with van der Waals surface area (Å²) in [5, 5.41) is 3.87. The van der Waals surface area contributed by atoms with Crippen LogP contribution in [0.25, 0.3) is 0 Å². The first kappa shape index (κ1) is 17.3. The molecule has 1 aromatic rings. The quantitative estimate of drug-likeness (QED) is 0.781. The summed E-state index contributed by atoms with van der Waals surface area (Å²) in [7, 11) is 1.60. The van der Waals surface area contributed by atoms with E-state index >= 15 is 0 Å². The summed E-state index contributed by atoms with van der Waals surface area (Å²) < 4.78 is 15.8. The van der Waals surface area contributed by atoms with Gasteiger partial charge in [-0.25, -0.2) is 0 Å². The van der Waals surface area contributed by atoms with Gasteiger partial charge in [-0.1, -0.05) is 5.16 Å². The normalized spacial score (nSPS) is 25.8. The van der Waals surface area contributed by atoms with Crippen LogP contribution in [0, 0.1) is 5.92 Å². The van der Waals surface area contributed by atoms with Gasteiger partial charge in [-0.2, -0.15) is 4.98 Å². The van der Waals surface area contributed by atoms with E-state index in [1.54, 1.807) is 7.11 Å². The Labute approximate surface area is 142 Å². The lowest BCUT2D eigenvalue weighted by molar-refractivity contribution is -0.145. The third kappa shape index (κ3) is 4.12. The number of methoxy groups -OCH3 is 1. The highest BCUT2D eigenvalue weighted by Gasteiger charge is 2.33. The number of carbonyl (C=O) groups is 1. The standard InChI is InChI=1S/C16H26N4O4/c1-12-13(4-3-9-23-12)16(21)20-7-5-19(6-8-20)10-15-17-14(11-22-2)18-24-15/h12-13H,3-11H2,1-2H3. The zero-order chi connectivity index (χ0) is 16.9. The fourth-order valence-corrected chi connectivity index (χ4v) is 3.34. The maximum Gasteiger partial charge on any atom is 0.240 e. The molecule has 8 nitrogen and oxygen atoms in total. The fraction of sp³-hybridized carbons (Fsp3) is 0.812. The SMILES string of the molecule is COCc1noc(CN2CCN(C(=O)C3CCCOC3C)CC2)n1. The van der Waals surface area contributed by atoms with Gasteiger partial charge in [-0.05, 0) is 19.8 Å². The lowest BCUT2D eigenvalue weighted by atomic mass is 9.93. The third-order valence-corrected chi connectivity index (χ3v) is 4.75. The van der Waals surface area contributed by atoms with Gasteiger partial charge in [0.15, 0.2) is 5.82 Å². The van der Waals surface area contributed by atoms with Crippen molar-refractivity contribution in [2.24, 2.45) is 5.92 Å². The monoisotopic (exact) mass is 338 g/mol. The number of rotatable bonds is 5. The summed E-state index contributed by atoms with van der Waals surface area (Å²) >= 11 is 0. The topological polar surface area (TPSA) is 80.9 Å². The van der Waals surface area contributed by atoms with E-state index in [2.05, 4.69) is 15.0 Å². The molecule has 1 amide bonds. The number of amides is 1. The fourth-order valence-electron chi connectivity index (χ4n) is 3.34. The molecule has 0 aromatic carbocycles. The molecule has 3 rings (SSSR count). The Kier molecular flexibility index (Phi) is 5.80. The molecule has 2 saturated heterocycles. The van der Waals surface area contributed by atoms with E-state index in [0.717, 1.165) is 45.6 Å². The Bertz CT molecular complexity index is 542. The molecule has 0 radical (unpaired) electrons. The van der Waals surface area contributed by atoms with E-state index < -0.39 is 0 Å². The van der Waals surface area contributed by atoms with E-state index in [-0.39, 0.29) is 17.9 Å². The van der Waals surface area contributed by atoms with Gasteiger partial charge in [-0.3, -0.25) is 9.69 Å². The number of hydrogen-bond acceptors (Lipinski definition) is 7. The van der Waals surface area contributed by atoms with Crippen LogP contribution < -0.4 is 0 Å². The lowest BCUT2D eigenvalue weighted by Gasteiger charge is -2.38. The Morgan fingerprint density at radius 3 is 2.83 bits per heavy atom. The predicted molar refractivity (Wildman–Crippen MR) is 85.0 cm³/mol. The van der Waals surface area contributed by atoms with Crippen molar-refractivity contribution in [3.05, 3.63) is 11.7 Å². The predicted octanol–water partition coefficient (Wildman–Crippen LogP) is 0.675. The minimum Gasteiger partial charge on any atom is -0.378 e. The second-order valence-electron chi connectivity index (χ2n) is 6.46. The summed E-state index contributed by atoms with van der Waals surface area (Å²) in [4.78, 5) is 21.2. The zero-order valence-corrected chi connectivity index (χ0v) is 14.4. The molecule has 2 aliphatic rings. The van der Waals surface area contributed by atoms with Crippen molar-refractivity contribution in [3.8, 4) is 0 Å². The van der Waals surface area contributed by atoms with E-state index in [9.17, 15) is 4.79 Å². The van der Waals surface area contributed by atoms with E-state index in [4.69, 9.17) is 14.0 Å². The average Bonchev–Trinajstić information content (AvgIpc) is 3.03. The molecule has 2 aliphatic heterocycles. The number of piperazine rings is 1. The number of nitrogens with zero attached hydrogens (tertiary/aromatic N) is 4. The maximum absolute atomic E-state index is 12.7. The van der Waals surface area contributed by atoms with Gasteiger partial charge in [0.2, 0.25) is 11.8 Å². The Balaban J connectivity index is 1.47. The summed E-state index contributed by atoms with van der Waals surface area (Å²) in [6.07, 6.45) is 1.94. The summed E-state index contributed by atoms with van der Waals surface area (Å²) in [6, 6.07) is 0. The molecule has 0 aliphatic carbocycles. The highest BCUT2D eigenvalue weighted by Crippen LogP contribution is 2.23. The number of aromatic nitrogens is 2. The van der Waals surface area contributed by atoms with Gasteiger partial charge in [0.25, 0.3) is 0 Å². The molecule has 8 heteroatoms. The molecule has 2 unspecified atom stereocenters. The molecular weight excluding hydrogens is 312 g/mol. The van der Waals surface area contributed by atoms with Crippen molar-refractivity contribution in [2.45, 2.75) is 39.0 Å². The highest BCUT2D eigenvalue weighted by atomic mass is 16.5. The van der Waals surface area contributed by atoms with Crippen LogP contribution in [0.2, 0.25) is 0 Å². The van der Waals surface area contributed by atoms with Gasteiger partial charge in [-0.15, -0.1) is 0 Å². The Hall–Kier alpha value is -1.51. The van der Waals surface area contributed by atoms with Crippen LogP contribution in [0.1, 0.15) is 31.5 Å². The van der Waals surface area contributed by atoms with E-state index in [1.165, 1.54) is 0 Å². The molecule has 0 bridgehead atoms. The molecule has 0 saturated carbocycles. The first-order valence-electron chi connectivity index (χ1n) is 8.60. The first-order valence-corrected chi connectivity index (χ1v) is 8.60. The van der Waals surface area contributed by atoms with E-state index in [0.29, 0.717) is 24.9 Å². The lowest BCUT2D eigenvalue weighted by Crippen LogP contribution is -2.52. The largest absolute Gasteiger partial charge is 0.378 e. The molecule has 0 N–H and O–H groups in total. The van der Waals surface area contributed by atoms with Gasteiger partial charge >= 0.3 is 0 Å². The van der Waals surface area contributed by atoms with Crippen LogP contribution in [-0.2, 0) is 27.4 Å². The summed E-state index contributed by atoms with van der Waals surface area (Å²) in [6.45, 7) is 6.85. The molecule has 1 aromatic heterocycles. The number of carbonyl (C=O) groups excluding carboxylic acids is 1. The van der Waals surface area contributed by atoms with Gasteiger partial charge < -0.3 is 18.9 Å². The van der Waals surface area contributed by atoms with Gasteiger partial charge in [0.05, 0.1) is 18.6 Å².